The van der Waals surface area contributed by atoms with Crippen LogP contribution in [0.2, 0.25) is 0 Å². The Morgan fingerprint density at radius 2 is 2.33 bits per heavy atom. The van der Waals surface area contributed by atoms with Gasteiger partial charge in [-0.2, -0.15) is 5.10 Å². The predicted molar refractivity (Wildman–Crippen MR) is 59.8 cm³/mol. The third kappa shape index (κ3) is 1.74. The molecule has 2 N–H and O–H groups in total. The maximum absolute atomic E-state index is 10.9. The van der Waals surface area contributed by atoms with Crippen molar-refractivity contribution in [2.75, 3.05) is 0 Å². The lowest BCUT2D eigenvalue weighted by atomic mass is 10.0. The Labute approximate surface area is 94.4 Å². The summed E-state index contributed by atoms with van der Waals surface area (Å²) in [5, 5.41) is 16.6. The molecule has 5 heteroatoms. The molecule has 0 bridgehead atoms. The van der Waals surface area contributed by atoms with Gasteiger partial charge in [0.25, 0.3) is 0 Å². The van der Waals surface area contributed by atoms with Crippen LogP contribution in [0.4, 0.5) is 0 Å². The Kier molecular flexibility index (Phi) is 2.48. The number of carboxylic acid groups (broad SMARTS) is 1. The second-order valence-electron chi connectivity index (χ2n) is 3.36. The van der Waals surface area contributed by atoms with Gasteiger partial charge in [-0.15, -0.1) is 0 Å². The van der Waals surface area contributed by atoms with Crippen molar-refractivity contribution in [3.63, 3.8) is 0 Å². The van der Waals surface area contributed by atoms with Crippen LogP contribution in [0.15, 0.2) is 22.7 Å². The second-order valence-corrected chi connectivity index (χ2v) is 4.27. The first-order valence-corrected chi connectivity index (χ1v) is 5.25. The summed E-state index contributed by atoms with van der Waals surface area (Å²) in [4.78, 5) is 10.9. The van der Waals surface area contributed by atoms with Crippen molar-refractivity contribution in [2.45, 2.75) is 12.8 Å². The molecule has 1 atom stereocenters. The largest absolute Gasteiger partial charge is 0.481 e. The van der Waals surface area contributed by atoms with Crippen LogP contribution >= 0.6 is 15.9 Å². The van der Waals surface area contributed by atoms with E-state index in [1.165, 1.54) is 0 Å². The Morgan fingerprint density at radius 3 is 3.00 bits per heavy atom. The molecule has 0 amide bonds. The summed E-state index contributed by atoms with van der Waals surface area (Å²) in [7, 11) is 0. The molecule has 0 fully saturated rings. The lowest BCUT2D eigenvalue weighted by Gasteiger charge is -2.02. The minimum atomic E-state index is -0.858. The van der Waals surface area contributed by atoms with Gasteiger partial charge < -0.3 is 5.11 Å². The van der Waals surface area contributed by atoms with Crippen LogP contribution in [0.1, 0.15) is 18.5 Å². The van der Waals surface area contributed by atoms with E-state index in [1.807, 2.05) is 18.2 Å². The van der Waals surface area contributed by atoms with Crippen molar-refractivity contribution in [3.05, 3.63) is 28.4 Å². The summed E-state index contributed by atoms with van der Waals surface area (Å²) in [6, 6.07) is 5.58. The Hall–Kier alpha value is -1.36. The number of aromatic nitrogens is 2. The first-order valence-electron chi connectivity index (χ1n) is 4.46. The SMILES string of the molecule is CC(C(=O)O)c1[nH]nc2cc(Br)ccc12. The number of aromatic amines is 1. The summed E-state index contributed by atoms with van der Waals surface area (Å²) in [6.45, 7) is 1.64. The zero-order valence-electron chi connectivity index (χ0n) is 7.99. The van der Waals surface area contributed by atoms with Gasteiger partial charge in [-0.05, 0) is 25.1 Å². The molecule has 1 aromatic carbocycles. The lowest BCUT2D eigenvalue weighted by Crippen LogP contribution is -2.07. The van der Waals surface area contributed by atoms with Crippen LogP contribution in [0.3, 0.4) is 0 Å². The van der Waals surface area contributed by atoms with Crippen molar-refractivity contribution < 1.29 is 9.90 Å². The van der Waals surface area contributed by atoms with Gasteiger partial charge in [0.1, 0.15) is 0 Å². The molecule has 0 radical (unpaired) electrons. The average Bonchev–Trinajstić information content (AvgIpc) is 2.59. The molecular weight excluding hydrogens is 260 g/mol. The maximum atomic E-state index is 10.9. The molecule has 1 heterocycles. The molecule has 0 saturated heterocycles. The van der Waals surface area contributed by atoms with Gasteiger partial charge in [0.05, 0.1) is 17.1 Å². The lowest BCUT2D eigenvalue weighted by molar-refractivity contribution is -0.138. The standard InChI is InChI=1S/C10H9BrN2O2/c1-5(10(14)15)9-7-3-2-6(11)4-8(7)12-13-9/h2-5H,1H3,(H,12,13)(H,14,15). The fourth-order valence-corrected chi connectivity index (χ4v) is 1.81. The maximum Gasteiger partial charge on any atom is 0.312 e. The van der Waals surface area contributed by atoms with Crippen LogP contribution in [-0.4, -0.2) is 21.3 Å². The van der Waals surface area contributed by atoms with E-state index in [0.717, 1.165) is 15.4 Å². The van der Waals surface area contributed by atoms with Gasteiger partial charge in [-0.25, -0.2) is 0 Å². The van der Waals surface area contributed by atoms with Crippen LogP contribution < -0.4 is 0 Å². The topological polar surface area (TPSA) is 66.0 Å². The average molecular weight is 269 g/mol. The van der Waals surface area contributed by atoms with Gasteiger partial charge >= 0.3 is 5.97 Å². The van der Waals surface area contributed by atoms with E-state index in [2.05, 4.69) is 26.1 Å². The second kappa shape index (κ2) is 3.66. The molecule has 78 valence electrons. The number of halogens is 1. The molecule has 2 rings (SSSR count). The Balaban J connectivity index is 2.59. The molecule has 15 heavy (non-hydrogen) atoms. The minimum absolute atomic E-state index is 0.573. The quantitative estimate of drug-likeness (QED) is 0.880. The normalized spacial score (nSPS) is 12.9. The van der Waals surface area contributed by atoms with Crippen molar-refractivity contribution in [2.24, 2.45) is 0 Å². The van der Waals surface area contributed by atoms with Gasteiger partial charge in [-0.3, -0.25) is 9.89 Å². The first kappa shape index (κ1) is 10.2. The number of rotatable bonds is 2. The molecule has 4 nitrogen and oxygen atoms in total. The highest BCUT2D eigenvalue weighted by Crippen LogP contribution is 2.25. The highest BCUT2D eigenvalue weighted by molar-refractivity contribution is 9.10. The van der Waals surface area contributed by atoms with E-state index < -0.39 is 11.9 Å². The van der Waals surface area contributed by atoms with Crippen molar-refractivity contribution >= 4 is 32.8 Å². The Bertz CT molecular complexity index is 521. The summed E-state index contributed by atoms with van der Waals surface area (Å²) in [6.07, 6.45) is 0. The van der Waals surface area contributed by atoms with Gasteiger partial charge in [0.2, 0.25) is 0 Å². The molecule has 2 aromatic rings. The first-order chi connectivity index (χ1) is 7.09. The number of H-pyrrole nitrogens is 1. The van der Waals surface area contributed by atoms with E-state index >= 15 is 0 Å². The molecule has 0 saturated carbocycles. The fraction of sp³-hybridized carbons (Fsp3) is 0.200. The number of benzene rings is 1. The minimum Gasteiger partial charge on any atom is -0.481 e. The monoisotopic (exact) mass is 268 g/mol. The Morgan fingerprint density at radius 1 is 1.60 bits per heavy atom. The molecule has 0 aliphatic rings. The molecule has 0 spiro atoms. The summed E-state index contributed by atoms with van der Waals surface area (Å²) >= 11 is 3.34. The smallest absolute Gasteiger partial charge is 0.312 e. The number of aliphatic carboxylic acids is 1. The number of nitrogens with one attached hydrogen (secondary N) is 1. The van der Waals surface area contributed by atoms with Crippen LogP contribution in [0, 0.1) is 0 Å². The summed E-state index contributed by atoms with van der Waals surface area (Å²) in [5.74, 6) is -1.43. The van der Waals surface area contributed by atoms with Crippen LogP contribution in [0.25, 0.3) is 10.9 Å². The van der Waals surface area contributed by atoms with Crippen LogP contribution in [-0.2, 0) is 4.79 Å². The zero-order valence-corrected chi connectivity index (χ0v) is 9.58. The number of carbonyl (C=O) groups is 1. The highest BCUT2D eigenvalue weighted by atomic mass is 79.9. The molecular formula is C10H9BrN2O2. The third-order valence-corrected chi connectivity index (χ3v) is 2.84. The van der Waals surface area contributed by atoms with E-state index in [0.29, 0.717) is 5.69 Å². The van der Waals surface area contributed by atoms with Crippen LogP contribution in [0.5, 0.6) is 0 Å². The third-order valence-electron chi connectivity index (χ3n) is 2.35. The fourth-order valence-electron chi connectivity index (χ4n) is 1.46. The molecule has 0 aliphatic carbocycles. The highest BCUT2D eigenvalue weighted by Gasteiger charge is 2.18. The number of carboxylic acids is 1. The van der Waals surface area contributed by atoms with E-state index in [9.17, 15) is 4.79 Å². The predicted octanol–water partition coefficient (Wildman–Crippen LogP) is 2.51. The summed E-state index contributed by atoms with van der Waals surface area (Å²) < 4.78 is 0.927. The number of nitrogens with zero attached hydrogens (tertiary/aromatic N) is 1. The van der Waals surface area contributed by atoms with E-state index in [-0.39, 0.29) is 0 Å². The number of hydrogen-bond acceptors (Lipinski definition) is 2. The number of fused-ring (bicyclic) bond motifs is 1. The van der Waals surface area contributed by atoms with E-state index in [4.69, 9.17) is 5.11 Å². The molecule has 1 unspecified atom stereocenters. The molecule has 0 aliphatic heterocycles. The van der Waals surface area contributed by atoms with Gasteiger partial charge in [-0.1, -0.05) is 15.9 Å². The van der Waals surface area contributed by atoms with Crippen molar-refractivity contribution in [1.82, 2.24) is 10.2 Å². The van der Waals surface area contributed by atoms with Gasteiger partial charge in [0.15, 0.2) is 0 Å². The number of hydrogen-bond donors (Lipinski definition) is 2. The van der Waals surface area contributed by atoms with Crippen molar-refractivity contribution in [1.29, 1.82) is 0 Å². The summed E-state index contributed by atoms with van der Waals surface area (Å²) in [5.41, 5.74) is 1.41. The molecule has 1 aromatic heterocycles. The zero-order chi connectivity index (χ0) is 11.0. The van der Waals surface area contributed by atoms with E-state index in [1.54, 1.807) is 6.92 Å². The van der Waals surface area contributed by atoms with Gasteiger partial charge in [0, 0.05) is 9.86 Å². The van der Waals surface area contributed by atoms with Crippen molar-refractivity contribution in [3.8, 4) is 0 Å².